The van der Waals surface area contributed by atoms with Crippen LogP contribution in [0.2, 0.25) is 0 Å². The zero-order valence-electron chi connectivity index (χ0n) is 27.1. The molecule has 46 heavy (non-hydrogen) atoms. The number of likely N-dealkylation sites (tertiary alicyclic amines) is 1. The number of nitrogens with zero attached hydrogens (tertiary/aromatic N) is 2. The van der Waals surface area contributed by atoms with Crippen molar-refractivity contribution in [3.05, 3.63) is 70.0 Å². The third kappa shape index (κ3) is 10.3. The molecule has 2 aliphatic heterocycles. The van der Waals surface area contributed by atoms with E-state index in [1.165, 1.54) is 26.1 Å². The van der Waals surface area contributed by atoms with Gasteiger partial charge < -0.3 is 19.9 Å². The lowest BCUT2D eigenvalue weighted by atomic mass is 9.92. The summed E-state index contributed by atoms with van der Waals surface area (Å²) in [5, 5.41) is 3.11. The minimum atomic E-state index is -4.98. The Morgan fingerprint density at radius 3 is 2.11 bits per heavy atom. The summed E-state index contributed by atoms with van der Waals surface area (Å²) >= 11 is 0. The molecule has 3 atom stereocenters. The summed E-state index contributed by atoms with van der Waals surface area (Å²) in [6.45, 7) is 11.5. The van der Waals surface area contributed by atoms with Crippen molar-refractivity contribution < 1.29 is 45.1 Å². The number of urea groups is 1. The molecule has 6 nitrogen and oxygen atoms in total. The average molecular weight is 664 g/mol. The molecular weight excluding hydrogens is 619 g/mol. The number of carbonyl (C=O) groups is 2. The zero-order valence-corrected chi connectivity index (χ0v) is 27.1. The fourth-order valence-corrected chi connectivity index (χ4v) is 5.42. The van der Waals surface area contributed by atoms with Gasteiger partial charge in [-0.2, -0.15) is 26.3 Å². The van der Waals surface area contributed by atoms with Crippen LogP contribution in [0.3, 0.4) is 0 Å². The first kappa shape index (κ1) is 38.8. The van der Waals surface area contributed by atoms with Crippen molar-refractivity contribution in [2.24, 2.45) is 5.92 Å². The summed E-state index contributed by atoms with van der Waals surface area (Å²) in [5.41, 5.74) is -1.71. The summed E-state index contributed by atoms with van der Waals surface area (Å²) in [6, 6.07) is 3.66. The van der Waals surface area contributed by atoms with Gasteiger partial charge in [0.05, 0.1) is 35.7 Å². The molecule has 0 bridgehead atoms. The molecule has 0 aromatic heterocycles. The predicted molar refractivity (Wildman–Crippen MR) is 161 cm³/mol. The normalized spacial score (nSPS) is 18.8. The number of hydrogen-bond donors (Lipinski definition) is 1. The van der Waals surface area contributed by atoms with Crippen LogP contribution in [0.5, 0.6) is 0 Å². The SMILES string of the molecule is CC.CCOC(=O)C1CCNC1.Cc1cc(F)ccc1C1CCCCN1C(=O)N(C)C(C)c1cc(C(F)(F)F)cc(C(F)(F)F)c1. The highest BCUT2D eigenvalue weighted by Gasteiger charge is 2.38. The van der Waals surface area contributed by atoms with Gasteiger partial charge in [-0.25, -0.2) is 9.18 Å². The van der Waals surface area contributed by atoms with Gasteiger partial charge in [0.2, 0.25) is 0 Å². The molecule has 0 spiro atoms. The van der Waals surface area contributed by atoms with E-state index in [1.807, 2.05) is 20.8 Å². The Kier molecular flexibility index (Phi) is 14.3. The van der Waals surface area contributed by atoms with Crippen molar-refractivity contribution in [2.75, 3.05) is 33.3 Å². The number of carbonyl (C=O) groups excluding carboxylic acids is 2. The lowest BCUT2D eigenvalue weighted by molar-refractivity contribution is -0.147. The number of ether oxygens (including phenoxy) is 1. The number of hydrogen-bond acceptors (Lipinski definition) is 4. The number of benzene rings is 2. The second-order valence-corrected chi connectivity index (χ2v) is 11.1. The number of rotatable bonds is 5. The van der Waals surface area contributed by atoms with Crippen LogP contribution in [0.15, 0.2) is 36.4 Å². The Hall–Kier alpha value is -3.35. The maximum absolute atomic E-state index is 13.6. The van der Waals surface area contributed by atoms with Gasteiger partial charge in [-0.15, -0.1) is 0 Å². The third-order valence-electron chi connectivity index (χ3n) is 7.99. The van der Waals surface area contributed by atoms with E-state index in [9.17, 15) is 40.3 Å². The molecule has 1 N–H and O–H groups in total. The summed E-state index contributed by atoms with van der Waals surface area (Å²) in [4.78, 5) is 27.1. The summed E-state index contributed by atoms with van der Waals surface area (Å²) in [6.07, 6.45) is -6.88. The number of piperidine rings is 1. The molecule has 0 radical (unpaired) electrons. The van der Waals surface area contributed by atoms with E-state index >= 15 is 0 Å². The lowest BCUT2D eigenvalue weighted by Gasteiger charge is -2.40. The van der Waals surface area contributed by atoms with Gasteiger partial charge in [0.15, 0.2) is 0 Å². The molecule has 258 valence electrons. The van der Waals surface area contributed by atoms with E-state index in [0.29, 0.717) is 43.7 Å². The first-order valence-corrected chi connectivity index (χ1v) is 15.5. The van der Waals surface area contributed by atoms with Crippen molar-refractivity contribution in [1.29, 1.82) is 0 Å². The highest BCUT2D eigenvalue weighted by molar-refractivity contribution is 5.75. The Morgan fingerprint density at radius 1 is 1.00 bits per heavy atom. The molecule has 2 fully saturated rings. The molecule has 0 saturated carbocycles. The Morgan fingerprint density at radius 2 is 1.61 bits per heavy atom. The maximum atomic E-state index is 13.6. The molecule has 3 unspecified atom stereocenters. The van der Waals surface area contributed by atoms with Crippen LogP contribution in [-0.2, 0) is 21.9 Å². The van der Waals surface area contributed by atoms with Gasteiger partial charge in [-0.3, -0.25) is 4.79 Å². The van der Waals surface area contributed by atoms with Crippen LogP contribution in [0.4, 0.5) is 35.5 Å². The van der Waals surface area contributed by atoms with Crippen LogP contribution < -0.4 is 5.32 Å². The zero-order chi connectivity index (χ0) is 34.8. The quantitative estimate of drug-likeness (QED) is 0.257. The van der Waals surface area contributed by atoms with Gasteiger partial charge in [-0.05, 0) is 100 Å². The Labute approximate surface area is 266 Å². The lowest BCUT2D eigenvalue weighted by Crippen LogP contribution is -2.46. The van der Waals surface area contributed by atoms with Crippen LogP contribution in [-0.4, -0.2) is 55.1 Å². The average Bonchev–Trinajstić information content (AvgIpc) is 3.56. The Balaban J connectivity index is 0.000000517. The molecule has 2 aliphatic rings. The van der Waals surface area contributed by atoms with Crippen LogP contribution in [0, 0.1) is 18.7 Å². The standard InChI is InChI=1S/C24H25F7N2O.C7H13NO2.C2H6/c1-14-10-19(25)7-8-20(14)21-6-4-5-9-33(21)22(34)32(3)15(2)16-11-17(23(26,27)28)13-18(12-16)24(29,30)31;1-2-10-7(9)6-3-4-8-5-6;1-2/h7-8,10-13,15,21H,4-6,9H2,1-3H3;6,8H,2-5H2,1H3;1-2H3. The van der Waals surface area contributed by atoms with E-state index in [2.05, 4.69) is 5.32 Å². The van der Waals surface area contributed by atoms with Crippen molar-refractivity contribution in [3.63, 3.8) is 0 Å². The van der Waals surface area contributed by atoms with Crippen LogP contribution >= 0.6 is 0 Å². The van der Waals surface area contributed by atoms with E-state index in [-0.39, 0.29) is 29.6 Å². The fourth-order valence-electron chi connectivity index (χ4n) is 5.42. The van der Waals surface area contributed by atoms with E-state index in [0.717, 1.165) is 36.4 Å². The number of esters is 1. The fraction of sp³-hybridized carbons (Fsp3) is 0.576. The highest BCUT2D eigenvalue weighted by Crippen LogP contribution is 2.39. The number of alkyl halides is 6. The van der Waals surface area contributed by atoms with Gasteiger partial charge >= 0.3 is 24.4 Å². The van der Waals surface area contributed by atoms with Crippen LogP contribution in [0.25, 0.3) is 0 Å². The highest BCUT2D eigenvalue weighted by atomic mass is 19.4. The monoisotopic (exact) mass is 663 g/mol. The van der Waals surface area contributed by atoms with Gasteiger partial charge in [0.1, 0.15) is 5.82 Å². The molecule has 0 aliphatic carbocycles. The largest absolute Gasteiger partial charge is 0.466 e. The number of halogens is 7. The predicted octanol–water partition coefficient (Wildman–Crippen LogP) is 8.70. The molecule has 13 heteroatoms. The van der Waals surface area contributed by atoms with Crippen molar-refractivity contribution in [2.45, 2.75) is 84.7 Å². The van der Waals surface area contributed by atoms with E-state index in [4.69, 9.17) is 4.74 Å². The second kappa shape index (κ2) is 17.0. The van der Waals surface area contributed by atoms with Gasteiger partial charge in [0, 0.05) is 20.1 Å². The third-order valence-corrected chi connectivity index (χ3v) is 7.99. The molecular formula is C33H44F7N3O3. The van der Waals surface area contributed by atoms with E-state index < -0.39 is 41.4 Å². The number of nitrogens with one attached hydrogen (secondary N) is 1. The second-order valence-electron chi connectivity index (χ2n) is 11.1. The topological polar surface area (TPSA) is 61.9 Å². The first-order chi connectivity index (χ1) is 21.5. The molecule has 2 amide bonds. The summed E-state index contributed by atoms with van der Waals surface area (Å²) in [7, 11) is 1.35. The molecule has 2 saturated heterocycles. The number of amides is 2. The summed E-state index contributed by atoms with van der Waals surface area (Å²) in [5.74, 6) is -0.349. The minimum Gasteiger partial charge on any atom is -0.466 e. The summed E-state index contributed by atoms with van der Waals surface area (Å²) < 4.78 is 98.1. The Bertz CT molecular complexity index is 1260. The number of aryl methyl sites for hydroxylation is 1. The molecule has 2 heterocycles. The van der Waals surface area contributed by atoms with Gasteiger partial charge in [-0.1, -0.05) is 19.9 Å². The smallest absolute Gasteiger partial charge is 0.416 e. The minimum absolute atomic E-state index is 0.0486. The molecule has 2 aromatic rings. The first-order valence-electron chi connectivity index (χ1n) is 15.5. The van der Waals surface area contributed by atoms with Gasteiger partial charge in [0.25, 0.3) is 0 Å². The van der Waals surface area contributed by atoms with Crippen molar-refractivity contribution in [1.82, 2.24) is 15.1 Å². The van der Waals surface area contributed by atoms with Crippen molar-refractivity contribution in [3.8, 4) is 0 Å². The maximum Gasteiger partial charge on any atom is 0.416 e. The van der Waals surface area contributed by atoms with Crippen molar-refractivity contribution >= 4 is 12.0 Å². The van der Waals surface area contributed by atoms with E-state index in [1.54, 1.807) is 17.9 Å². The molecule has 2 aromatic carbocycles. The molecule has 4 rings (SSSR count). The van der Waals surface area contributed by atoms with Crippen LogP contribution in [0.1, 0.15) is 93.3 Å².